The maximum atomic E-state index is 11.8. The molecule has 0 saturated carbocycles. The van der Waals surface area contributed by atoms with Gasteiger partial charge in [0.15, 0.2) is 0 Å². The second-order valence-corrected chi connectivity index (χ2v) is 6.78. The van der Waals surface area contributed by atoms with Gasteiger partial charge in [0.1, 0.15) is 0 Å². The molecule has 0 aromatic heterocycles. The Morgan fingerprint density at radius 1 is 1.29 bits per heavy atom. The lowest BCUT2D eigenvalue weighted by molar-refractivity contribution is 0.0526. The van der Waals surface area contributed by atoms with E-state index in [9.17, 15) is 4.79 Å². The summed E-state index contributed by atoms with van der Waals surface area (Å²) in [7, 11) is 0. The molecule has 0 N–H and O–H groups in total. The van der Waals surface area contributed by atoms with E-state index in [0.717, 1.165) is 25.9 Å². The van der Waals surface area contributed by atoms with E-state index >= 15 is 0 Å². The Balaban J connectivity index is 2.04. The molecule has 1 aliphatic rings. The summed E-state index contributed by atoms with van der Waals surface area (Å²) >= 11 is 0. The second kappa shape index (κ2) is 6.61. The summed E-state index contributed by atoms with van der Waals surface area (Å²) in [5, 5.41) is 0. The molecule has 1 fully saturated rings. The quantitative estimate of drug-likeness (QED) is 0.792. The number of hydrogen-bond acceptors (Lipinski definition) is 3. The third kappa shape index (κ3) is 4.07. The van der Waals surface area contributed by atoms with Gasteiger partial charge in [0, 0.05) is 5.54 Å². The fraction of sp³-hybridized carbons (Fsp3) is 0.611. The van der Waals surface area contributed by atoms with Crippen LogP contribution in [0.2, 0.25) is 0 Å². The minimum atomic E-state index is -0.216. The molecule has 21 heavy (non-hydrogen) atoms. The minimum absolute atomic E-state index is 0.216. The van der Waals surface area contributed by atoms with E-state index in [2.05, 4.69) is 31.7 Å². The molecule has 0 amide bonds. The van der Waals surface area contributed by atoms with Gasteiger partial charge in [-0.1, -0.05) is 12.1 Å². The molecule has 3 heteroatoms. The molecule has 0 spiro atoms. The van der Waals surface area contributed by atoms with Crippen LogP contribution in [0.1, 0.15) is 62.4 Å². The number of likely N-dealkylation sites (tertiary alicyclic amines) is 1. The second-order valence-electron chi connectivity index (χ2n) is 6.78. The van der Waals surface area contributed by atoms with Crippen LogP contribution in [0.3, 0.4) is 0 Å². The van der Waals surface area contributed by atoms with Gasteiger partial charge in [0.25, 0.3) is 0 Å². The molecule has 3 nitrogen and oxygen atoms in total. The first-order valence-electron chi connectivity index (χ1n) is 7.94. The van der Waals surface area contributed by atoms with Gasteiger partial charge in [0.05, 0.1) is 12.2 Å². The van der Waals surface area contributed by atoms with Crippen molar-refractivity contribution in [2.45, 2.75) is 52.0 Å². The zero-order valence-electron chi connectivity index (χ0n) is 13.7. The van der Waals surface area contributed by atoms with Gasteiger partial charge in [-0.05, 0) is 77.2 Å². The molecule has 1 saturated heterocycles. The molecular weight excluding hydrogens is 262 g/mol. The smallest absolute Gasteiger partial charge is 0.338 e. The van der Waals surface area contributed by atoms with Crippen molar-refractivity contribution in [1.29, 1.82) is 0 Å². The first kappa shape index (κ1) is 16.0. The van der Waals surface area contributed by atoms with Gasteiger partial charge in [-0.2, -0.15) is 0 Å². The SMILES string of the molecule is CCOC(=O)c1cccc(C2CCN(C(C)(C)C)CC2)c1. The Kier molecular flexibility index (Phi) is 5.04. The van der Waals surface area contributed by atoms with Crippen molar-refractivity contribution >= 4 is 5.97 Å². The summed E-state index contributed by atoms with van der Waals surface area (Å²) in [6.07, 6.45) is 2.31. The Bertz CT molecular complexity index is 482. The van der Waals surface area contributed by atoms with Gasteiger partial charge in [-0.25, -0.2) is 4.79 Å². The van der Waals surface area contributed by atoms with Crippen LogP contribution in [-0.2, 0) is 4.74 Å². The molecule has 2 rings (SSSR count). The maximum Gasteiger partial charge on any atom is 0.338 e. The zero-order chi connectivity index (χ0) is 15.5. The monoisotopic (exact) mass is 289 g/mol. The number of esters is 1. The summed E-state index contributed by atoms with van der Waals surface area (Å²) in [6.45, 7) is 11.3. The van der Waals surface area contributed by atoms with Crippen molar-refractivity contribution in [3.8, 4) is 0 Å². The van der Waals surface area contributed by atoms with E-state index in [1.54, 1.807) is 0 Å². The zero-order valence-corrected chi connectivity index (χ0v) is 13.7. The highest BCUT2D eigenvalue weighted by molar-refractivity contribution is 5.89. The molecule has 116 valence electrons. The summed E-state index contributed by atoms with van der Waals surface area (Å²) in [5.74, 6) is 0.337. The van der Waals surface area contributed by atoms with Crippen molar-refractivity contribution in [2.24, 2.45) is 0 Å². The predicted octanol–water partition coefficient (Wildman–Crippen LogP) is 3.84. The van der Waals surface area contributed by atoms with Gasteiger partial charge in [-0.15, -0.1) is 0 Å². The lowest BCUT2D eigenvalue weighted by atomic mass is 9.87. The third-order valence-electron chi connectivity index (χ3n) is 4.31. The van der Waals surface area contributed by atoms with Gasteiger partial charge < -0.3 is 4.74 Å². The first-order chi connectivity index (χ1) is 9.91. The first-order valence-corrected chi connectivity index (χ1v) is 7.94. The number of piperidine rings is 1. The number of carbonyl (C=O) groups excluding carboxylic acids is 1. The average Bonchev–Trinajstić information content (AvgIpc) is 2.47. The molecule has 0 radical (unpaired) electrons. The summed E-state index contributed by atoms with van der Waals surface area (Å²) in [5.41, 5.74) is 2.19. The molecular formula is C18H27NO2. The van der Waals surface area contributed by atoms with Crippen LogP contribution in [0.5, 0.6) is 0 Å². The summed E-state index contributed by atoms with van der Waals surface area (Å²) in [4.78, 5) is 14.4. The Morgan fingerprint density at radius 3 is 2.52 bits per heavy atom. The number of rotatable bonds is 3. The fourth-order valence-corrected chi connectivity index (χ4v) is 3.02. The van der Waals surface area contributed by atoms with Crippen LogP contribution in [0.25, 0.3) is 0 Å². The third-order valence-corrected chi connectivity index (χ3v) is 4.31. The standard InChI is InChI=1S/C18H27NO2/c1-5-21-17(20)16-8-6-7-15(13-16)14-9-11-19(12-10-14)18(2,3)4/h6-8,13-14H,5,9-12H2,1-4H3. The van der Waals surface area contributed by atoms with E-state index in [1.165, 1.54) is 5.56 Å². The molecule has 1 aromatic carbocycles. The van der Waals surface area contributed by atoms with Gasteiger partial charge >= 0.3 is 5.97 Å². The fourth-order valence-electron chi connectivity index (χ4n) is 3.02. The van der Waals surface area contributed by atoms with Crippen molar-refractivity contribution in [3.63, 3.8) is 0 Å². The number of nitrogens with zero attached hydrogens (tertiary/aromatic N) is 1. The lowest BCUT2D eigenvalue weighted by Crippen LogP contribution is -2.45. The highest BCUT2D eigenvalue weighted by Crippen LogP contribution is 2.31. The van der Waals surface area contributed by atoms with E-state index in [0.29, 0.717) is 18.1 Å². The highest BCUT2D eigenvalue weighted by Gasteiger charge is 2.27. The highest BCUT2D eigenvalue weighted by atomic mass is 16.5. The van der Waals surface area contributed by atoms with Crippen LogP contribution in [-0.4, -0.2) is 36.1 Å². The van der Waals surface area contributed by atoms with Gasteiger partial charge in [-0.3, -0.25) is 4.90 Å². The van der Waals surface area contributed by atoms with E-state index in [4.69, 9.17) is 4.74 Å². The molecule has 0 unspecified atom stereocenters. The van der Waals surface area contributed by atoms with Crippen LogP contribution in [0.4, 0.5) is 0 Å². The normalized spacial score (nSPS) is 17.7. The van der Waals surface area contributed by atoms with Crippen molar-refractivity contribution in [2.75, 3.05) is 19.7 Å². The van der Waals surface area contributed by atoms with Crippen LogP contribution in [0.15, 0.2) is 24.3 Å². The number of benzene rings is 1. The Hall–Kier alpha value is -1.35. The molecule has 1 aromatic rings. The van der Waals surface area contributed by atoms with Crippen molar-refractivity contribution in [1.82, 2.24) is 4.90 Å². The summed E-state index contributed by atoms with van der Waals surface area (Å²) < 4.78 is 5.08. The number of hydrogen-bond donors (Lipinski definition) is 0. The van der Waals surface area contributed by atoms with E-state index < -0.39 is 0 Å². The lowest BCUT2D eigenvalue weighted by Gasteiger charge is -2.41. The average molecular weight is 289 g/mol. The molecule has 1 aliphatic heterocycles. The Labute approximate surface area is 128 Å². The molecule has 1 heterocycles. The largest absolute Gasteiger partial charge is 0.462 e. The van der Waals surface area contributed by atoms with Crippen molar-refractivity contribution in [3.05, 3.63) is 35.4 Å². The van der Waals surface area contributed by atoms with Crippen molar-refractivity contribution < 1.29 is 9.53 Å². The van der Waals surface area contributed by atoms with Crippen LogP contribution < -0.4 is 0 Å². The number of carbonyl (C=O) groups is 1. The van der Waals surface area contributed by atoms with Gasteiger partial charge in [0.2, 0.25) is 0 Å². The number of ether oxygens (including phenoxy) is 1. The van der Waals surface area contributed by atoms with E-state index in [-0.39, 0.29) is 11.5 Å². The summed E-state index contributed by atoms with van der Waals surface area (Å²) in [6, 6.07) is 7.96. The predicted molar refractivity (Wildman–Crippen MR) is 85.7 cm³/mol. The van der Waals surface area contributed by atoms with Crippen LogP contribution in [0, 0.1) is 0 Å². The molecule has 0 atom stereocenters. The maximum absolute atomic E-state index is 11.8. The van der Waals surface area contributed by atoms with Crippen LogP contribution >= 0.6 is 0 Å². The minimum Gasteiger partial charge on any atom is -0.462 e. The molecule has 0 bridgehead atoms. The topological polar surface area (TPSA) is 29.5 Å². The molecule has 0 aliphatic carbocycles. The Morgan fingerprint density at radius 2 is 1.95 bits per heavy atom. The van der Waals surface area contributed by atoms with E-state index in [1.807, 2.05) is 25.1 Å².